The average Bonchev–Trinajstić information content (AvgIpc) is 3.03. The lowest BCUT2D eigenvalue weighted by Gasteiger charge is -2.18. The Labute approximate surface area is 272 Å². The lowest BCUT2D eigenvalue weighted by Crippen LogP contribution is -2.58. The van der Waals surface area contributed by atoms with Gasteiger partial charge in [-0.1, -0.05) is 18.7 Å². The number of allylic oxidation sites excluding steroid dienone is 2. The lowest BCUT2D eigenvalue weighted by atomic mass is 10.1. The number of aliphatic imine (C=N–C) groups is 1. The van der Waals surface area contributed by atoms with Gasteiger partial charge in [0.15, 0.2) is 0 Å². The summed E-state index contributed by atoms with van der Waals surface area (Å²) in [5, 5.41) is 47.2. The number of benzene rings is 3. The number of amides is 2. The van der Waals surface area contributed by atoms with Crippen molar-refractivity contribution in [2.24, 2.45) is 35.7 Å². The monoisotopic (exact) mass is 668 g/mol. The van der Waals surface area contributed by atoms with Gasteiger partial charge in [0.2, 0.25) is 18.2 Å². The second-order valence-corrected chi connectivity index (χ2v) is 11.1. The Hall–Kier alpha value is -6.58. The maximum atomic E-state index is 12.3. The molecule has 4 rings (SSSR count). The quantitative estimate of drug-likeness (QED) is 0.0531. The van der Waals surface area contributed by atoms with Gasteiger partial charge in [0.05, 0.1) is 38.9 Å². The molecule has 1 heterocycles. The highest BCUT2D eigenvalue weighted by Gasteiger charge is 2.33. The van der Waals surface area contributed by atoms with Crippen molar-refractivity contribution in [3.05, 3.63) is 90.2 Å². The maximum absolute atomic E-state index is 12.3. The fourth-order valence-corrected chi connectivity index (χ4v) is 4.47. The van der Waals surface area contributed by atoms with Crippen LogP contribution in [0.3, 0.4) is 0 Å². The van der Waals surface area contributed by atoms with Gasteiger partial charge in [0.25, 0.3) is 21.9 Å². The minimum absolute atomic E-state index is 0.109. The maximum Gasteiger partial charge on any atom is 0.335 e. The number of carboxylic acid groups (broad SMARTS) is 1. The predicted octanol–water partition coefficient (Wildman–Crippen LogP) is 5.53. The number of carbonyl (C=O) groups excluding carboxylic acids is 2. The van der Waals surface area contributed by atoms with E-state index >= 15 is 0 Å². The summed E-state index contributed by atoms with van der Waals surface area (Å²) in [5.41, 5.74) is 2.22. The molecule has 1 aliphatic rings. The number of nitrogens with one attached hydrogen (secondary N) is 2. The van der Waals surface area contributed by atoms with Crippen LogP contribution in [0.15, 0.2) is 125 Å². The van der Waals surface area contributed by atoms with Crippen molar-refractivity contribution in [3.8, 4) is 6.19 Å². The van der Waals surface area contributed by atoms with E-state index in [1.165, 1.54) is 36.5 Å². The molecule has 18 heteroatoms. The molecule has 0 unspecified atom stereocenters. The van der Waals surface area contributed by atoms with E-state index in [-0.39, 0.29) is 28.3 Å². The van der Waals surface area contributed by atoms with Crippen LogP contribution >= 0.6 is 0 Å². The number of nitrogens with zero attached hydrogens (tertiary/aromatic N) is 8. The molecule has 4 N–H and O–H groups in total. The number of hydrogen-bond donors (Lipinski definition) is 4. The summed E-state index contributed by atoms with van der Waals surface area (Å²) >= 11 is 0. The predicted molar refractivity (Wildman–Crippen MR) is 171 cm³/mol. The topological polar surface area (TPSA) is 260 Å². The number of rotatable bonds is 10. The molecule has 0 spiro atoms. The van der Waals surface area contributed by atoms with Crippen LogP contribution in [0.5, 0.6) is 0 Å². The Morgan fingerprint density at radius 2 is 1.60 bits per heavy atom. The van der Waals surface area contributed by atoms with Crippen molar-refractivity contribution in [2.45, 2.75) is 24.8 Å². The van der Waals surface area contributed by atoms with Gasteiger partial charge in [-0.25, -0.2) is 4.79 Å². The molecule has 0 bridgehead atoms. The Kier molecular flexibility index (Phi) is 10.5. The van der Waals surface area contributed by atoms with Crippen molar-refractivity contribution >= 4 is 67.4 Å². The highest BCUT2D eigenvalue weighted by molar-refractivity contribution is 7.85. The molecule has 3 aromatic rings. The standard InChI is InChI=1S/C30H24N10O7S/c1-4-18(6-5-16(2)29(43)44)35-37-23-10-7-19(13-17(23)3)36-38-25-12-11-24(21-9-8-20(14-22(21)25)48(45,46)47)39-40-26-27(41)33-30(32-15-31)34-28(26)42/h4-14,26H,2H2,1,3H3,(H,43,44)(H,45,46,47)(H2,32,33,34,41,42). The number of carbonyl (C=O) groups is 3. The fourth-order valence-electron chi connectivity index (χ4n) is 3.96. The van der Waals surface area contributed by atoms with Crippen LogP contribution < -0.4 is 10.6 Å². The Morgan fingerprint density at radius 3 is 2.21 bits per heavy atom. The molecular weight excluding hydrogens is 644 g/mol. The molecule has 0 radical (unpaired) electrons. The molecule has 2 amide bonds. The van der Waals surface area contributed by atoms with Gasteiger partial charge in [-0.2, -0.15) is 39.3 Å². The van der Waals surface area contributed by atoms with Crippen LogP contribution in [0, 0.1) is 18.4 Å². The van der Waals surface area contributed by atoms with Gasteiger partial charge in [-0.05, 0) is 74.0 Å². The van der Waals surface area contributed by atoms with E-state index in [0.29, 0.717) is 28.0 Å². The van der Waals surface area contributed by atoms with Gasteiger partial charge < -0.3 is 5.11 Å². The Bertz CT molecular complexity index is 2180. The molecule has 0 atom stereocenters. The second kappa shape index (κ2) is 14.7. The molecule has 0 aromatic heterocycles. The van der Waals surface area contributed by atoms with Crippen LogP contribution in [-0.4, -0.2) is 47.9 Å². The normalized spacial score (nSPS) is 15.8. The van der Waals surface area contributed by atoms with Crippen molar-refractivity contribution in [1.82, 2.24) is 10.6 Å². The molecule has 1 aliphatic heterocycles. The summed E-state index contributed by atoms with van der Waals surface area (Å²) in [4.78, 5) is 38.4. The number of aryl methyl sites for hydroxylation is 1. The van der Waals surface area contributed by atoms with E-state index in [2.05, 4.69) is 52.9 Å². The van der Waals surface area contributed by atoms with Gasteiger partial charge >= 0.3 is 5.97 Å². The third kappa shape index (κ3) is 8.36. The summed E-state index contributed by atoms with van der Waals surface area (Å²) in [6.45, 7) is 6.91. The van der Waals surface area contributed by atoms with Crippen molar-refractivity contribution < 1.29 is 32.5 Å². The minimum atomic E-state index is -4.61. The van der Waals surface area contributed by atoms with Crippen LogP contribution in [0.2, 0.25) is 0 Å². The first-order valence-electron chi connectivity index (χ1n) is 13.5. The minimum Gasteiger partial charge on any atom is -0.478 e. The fraction of sp³-hybridized carbons (Fsp3) is 0.100. The van der Waals surface area contributed by atoms with Crippen molar-refractivity contribution in [1.29, 1.82) is 5.26 Å². The Morgan fingerprint density at radius 1 is 0.938 bits per heavy atom. The number of azo groups is 3. The highest BCUT2D eigenvalue weighted by Crippen LogP contribution is 2.36. The number of nitriles is 1. The molecule has 1 fully saturated rings. The molecule has 17 nitrogen and oxygen atoms in total. The van der Waals surface area contributed by atoms with Crippen molar-refractivity contribution in [3.63, 3.8) is 0 Å². The van der Waals surface area contributed by atoms with Crippen LogP contribution in [0.1, 0.15) is 12.5 Å². The van der Waals surface area contributed by atoms with E-state index in [9.17, 15) is 27.4 Å². The van der Waals surface area contributed by atoms with Crippen LogP contribution in [-0.2, 0) is 24.5 Å². The van der Waals surface area contributed by atoms with Crippen LogP contribution in [0.4, 0.5) is 22.7 Å². The van der Waals surface area contributed by atoms with Crippen molar-refractivity contribution in [2.75, 3.05) is 0 Å². The average molecular weight is 669 g/mol. The molecule has 242 valence electrons. The summed E-state index contributed by atoms with van der Waals surface area (Å²) in [6.07, 6.45) is 5.85. The number of hydrogen-bond acceptors (Lipinski definition) is 13. The molecule has 0 aliphatic carbocycles. The molecule has 3 aromatic carbocycles. The van der Waals surface area contributed by atoms with Gasteiger partial charge in [0, 0.05) is 10.8 Å². The van der Waals surface area contributed by atoms with E-state index in [0.717, 1.165) is 12.1 Å². The second-order valence-electron chi connectivity index (χ2n) is 9.69. The first-order valence-corrected chi connectivity index (χ1v) is 15.0. The molecule has 0 saturated carbocycles. The van der Waals surface area contributed by atoms with E-state index in [1.807, 2.05) is 0 Å². The highest BCUT2D eigenvalue weighted by atomic mass is 32.2. The lowest BCUT2D eigenvalue weighted by molar-refractivity contribution is -0.133. The van der Waals surface area contributed by atoms with E-state index in [1.54, 1.807) is 38.1 Å². The number of fused-ring (bicyclic) bond motifs is 1. The Balaban J connectivity index is 1.64. The smallest absolute Gasteiger partial charge is 0.335 e. The van der Waals surface area contributed by atoms with Crippen LogP contribution in [0.25, 0.3) is 10.8 Å². The first kappa shape index (κ1) is 34.3. The number of carboxylic acids is 1. The van der Waals surface area contributed by atoms with Gasteiger partial charge in [-0.15, -0.1) is 10.1 Å². The zero-order valence-corrected chi connectivity index (χ0v) is 25.9. The molecule has 1 saturated heterocycles. The van der Waals surface area contributed by atoms with Gasteiger partial charge in [-0.3, -0.25) is 24.8 Å². The molecule has 48 heavy (non-hydrogen) atoms. The van der Waals surface area contributed by atoms with Gasteiger partial charge in [0.1, 0.15) is 0 Å². The summed E-state index contributed by atoms with van der Waals surface area (Å²) in [7, 11) is -4.61. The largest absolute Gasteiger partial charge is 0.478 e. The van der Waals surface area contributed by atoms with E-state index < -0.39 is 38.8 Å². The third-order valence-corrected chi connectivity index (χ3v) is 7.26. The van der Waals surface area contributed by atoms with E-state index in [4.69, 9.17) is 10.4 Å². The SMILES string of the molecule is C=C(C=CC(=CC)N=Nc1ccc(N=Nc2ccc(N=NC3C(=O)NC(=NC#N)NC3=O)c3ccc(S(=O)(=O)O)cc23)cc1C)C(=O)O. The summed E-state index contributed by atoms with van der Waals surface area (Å²) in [5.74, 6) is -3.24. The zero-order chi connectivity index (χ0) is 35.0. The third-order valence-electron chi connectivity index (χ3n) is 6.42. The summed E-state index contributed by atoms with van der Waals surface area (Å²) in [6, 6.07) is 9.89. The zero-order valence-electron chi connectivity index (χ0n) is 25.1. The number of aliphatic carboxylic acids is 1. The summed E-state index contributed by atoms with van der Waals surface area (Å²) < 4.78 is 33.4. The number of guanidine groups is 1. The molecular formula is C30H24N10O7S. The first-order chi connectivity index (χ1) is 22.8.